The van der Waals surface area contributed by atoms with Gasteiger partial charge < -0.3 is 10.2 Å². The molecule has 2 aromatic rings. The van der Waals surface area contributed by atoms with Gasteiger partial charge in [-0.2, -0.15) is 0 Å². The first kappa shape index (κ1) is 15.7. The van der Waals surface area contributed by atoms with Crippen molar-refractivity contribution in [3.8, 4) is 5.95 Å². The number of aromatic nitrogens is 4. The van der Waals surface area contributed by atoms with Crippen LogP contribution >= 0.6 is 0 Å². The van der Waals surface area contributed by atoms with Gasteiger partial charge in [-0.05, 0) is 25.7 Å². The van der Waals surface area contributed by atoms with E-state index in [-0.39, 0.29) is 17.9 Å². The molecule has 4 rings (SSSR count). The Morgan fingerprint density at radius 3 is 2.92 bits per heavy atom. The molecule has 0 radical (unpaired) electrons. The number of carbonyl (C=O) groups excluding carboxylic acids is 2. The van der Waals surface area contributed by atoms with Crippen molar-refractivity contribution in [2.75, 3.05) is 13.6 Å². The number of carbonyl (C=O) groups is 2. The molecular formula is C17H20N6O2. The summed E-state index contributed by atoms with van der Waals surface area (Å²) in [5.41, 5.74) is 2.34. The highest BCUT2D eigenvalue weighted by atomic mass is 16.2. The lowest BCUT2D eigenvalue weighted by atomic mass is 10.0. The van der Waals surface area contributed by atoms with Crippen LogP contribution in [0, 0.1) is 0 Å². The van der Waals surface area contributed by atoms with Crippen LogP contribution in [0.15, 0.2) is 18.7 Å². The molecule has 1 aliphatic heterocycles. The van der Waals surface area contributed by atoms with Gasteiger partial charge in [-0.1, -0.05) is 0 Å². The van der Waals surface area contributed by atoms with Gasteiger partial charge in [0.1, 0.15) is 12.0 Å². The van der Waals surface area contributed by atoms with Crippen LogP contribution in [0.2, 0.25) is 0 Å². The van der Waals surface area contributed by atoms with Gasteiger partial charge in [0.05, 0.1) is 0 Å². The summed E-state index contributed by atoms with van der Waals surface area (Å²) in [7, 11) is 1.76. The van der Waals surface area contributed by atoms with Gasteiger partial charge in [0.25, 0.3) is 5.91 Å². The molecule has 2 amide bonds. The Hall–Kier alpha value is -2.77. The number of aryl methyl sites for hydroxylation is 1. The van der Waals surface area contributed by atoms with Crippen molar-refractivity contribution in [2.45, 2.75) is 38.1 Å². The van der Waals surface area contributed by atoms with Crippen molar-refractivity contribution in [1.29, 1.82) is 0 Å². The predicted molar refractivity (Wildman–Crippen MR) is 89.3 cm³/mol. The standard InChI is InChI=1S/C17H20N6O2/c1-22-9-11(5-6-14(22)24)19-16(25)15-12-3-2-4-13(12)20-17(21-15)23-8-7-18-10-23/h7-8,10-11H,2-6,9H2,1H3,(H,19,25)/t11-/m1/s1. The van der Waals surface area contributed by atoms with Crippen molar-refractivity contribution in [1.82, 2.24) is 29.7 Å². The predicted octanol–water partition coefficient (Wildman–Crippen LogP) is 0.502. The van der Waals surface area contributed by atoms with E-state index >= 15 is 0 Å². The van der Waals surface area contributed by atoms with E-state index in [2.05, 4.69) is 20.3 Å². The Morgan fingerprint density at radius 2 is 2.16 bits per heavy atom. The normalized spacial score (nSPS) is 19.8. The van der Waals surface area contributed by atoms with E-state index in [1.54, 1.807) is 35.2 Å². The summed E-state index contributed by atoms with van der Waals surface area (Å²) in [4.78, 5) is 39.2. The average Bonchev–Trinajstić information content (AvgIpc) is 3.28. The zero-order valence-corrected chi connectivity index (χ0v) is 14.1. The molecule has 0 saturated carbocycles. The number of amides is 2. The van der Waals surface area contributed by atoms with Crippen LogP contribution in [-0.2, 0) is 17.6 Å². The van der Waals surface area contributed by atoms with Gasteiger partial charge in [0.15, 0.2) is 0 Å². The monoisotopic (exact) mass is 340 g/mol. The Bertz CT molecular complexity index is 817. The third-order valence-corrected chi connectivity index (χ3v) is 4.83. The maximum Gasteiger partial charge on any atom is 0.270 e. The summed E-state index contributed by atoms with van der Waals surface area (Å²) < 4.78 is 1.71. The zero-order valence-electron chi connectivity index (χ0n) is 14.1. The second-order valence-corrected chi connectivity index (χ2v) is 6.60. The van der Waals surface area contributed by atoms with Gasteiger partial charge in [0, 0.05) is 49.7 Å². The molecule has 25 heavy (non-hydrogen) atoms. The molecule has 1 saturated heterocycles. The summed E-state index contributed by atoms with van der Waals surface area (Å²) >= 11 is 0. The van der Waals surface area contributed by atoms with Crippen molar-refractivity contribution in [2.24, 2.45) is 0 Å². The Kier molecular flexibility index (Phi) is 3.95. The number of fused-ring (bicyclic) bond motifs is 1. The van der Waals surface area contributed by atoms with E-state index in [0.717, 1.165) is 30.5 Å². The summed E-state index contributed by atoms with van der Waals surface area (Å²) in [5, 5.41) is 3.04. The van der Waals surface area contributed by atoms with Gasteiger partial charge in [-0.25, -0.2) is 15.0 Å². The molecule has 1 fully saturated rings. The summed E-state index contributed by atoms with van der Waals surface area (Å²) in [6, 6.07) is -0.0427. The molecule has 0 unspecified atom stereocenters. The number of imidazole rings is 1. The van der Waals surface area contributed by atoms with Crippen LogP contribution in [0.5, 0.6) is 0 Å². The van der Waals surface area contributed by atoms with Gasteiger partial charge in [-0.3, -0.25) is 14.2 Å². The molecule has 1 atom stereocenters. The van der Waals surface area contributed by atoms with Crippen LogP contribution in [0.4, 0.5) is 0 Å². The maximum atomic E-state index is 12.9. The molecule has 8 heteroatoms. The molecule has 2 aromatic heterocycles. The number of likely N-dealkylation sites (N-methyl/N-ethyl adjacent to an activating group) is 1. The SMILES string of the molecule is CN1C[C@H](NC(=O)c2nc(-n3ccnc3)nc3c2CCC3)CCC1=O. The van der Waals surface area contributed by atoms with E-state index in [0.29, 0.717) is 31.0 Å². The lowest BCUT2D eigenvalue weighted by Gasteiger charge is -2.30. The van der Waals surface area contributed by atoms with E-state index in [1.807, 2.05) is 0 Å². The fourth-order valence-electron chi connectivity index (χ4n) is 3.48. The smallest absolute Gasteiger partial charge is 0.270 e. The number of nitrogens with zero attached hydrogens (tertiary/aromatic N) is 5. The number of likely N-dealkylation sites (tertiary alicyclic amines) is 1. The molecule has 130 valence electrons. The summed E-state index contributed by atoms with van der Waals surface area (Å²) in [6.07, 6.45) is 8.84. The molecule has 3 heterocycles. The Balaban J connectivity index is 1.61. The van der Waals surface area contributed by atoms with Crippen LogP contribution in [0.25, 0.3) is 5.95 Å². The molecule has 0 bridgehead atoms. The van der Waals surface area contributed by atoms with Crippen molar-refractivity contribution in [3.63, 3.8) is 0 Å². The molecule has 1 aliphatic carbocycles. The van der Waals surface area contributed by atoms with Gasteiger partial charge in [0.2, 0.25) is 11.9 Å². The second kappa shape index (κ2) is 6.27. The fraction of sp³-hybridized carbons (Fsp3) is 0.471. The number of piperidine rings is 1. The van der Waals surface area contributed by atoms with E-state index in [9.17, 15) is 9.59 Å². The Labute approximate surface area is 145 Å². The van der Waals surface area contributed by atoms with E-state index in [1.165, 1.54) is 0 Å². The molecular weight excluding hydrogens is 320 g/mol. The minimum absolute atomic E-state index is 0.0427. The molecule has 0 spiro atoms. The fourth-order valence-corrected chi connectivity index (χ4v) is 3.48. The van der Waals surface area contributed by atoms with E-state index < -0.39 is 0 Å². The quantitative estimate of drug-likeness (QED) is 0.878. The molecule has 8 nitrogen and oxygen atoms in total. The summed E-state index contributed by atoms with van der Waals surface area (Å²) in [6.45, 7) is 0.534. The third-order valence-electron chi connectivity index (χ3n) is 4.83. The first-order valence-electron chi connectivity index (χ1n) is 8.55. The van der Waals surface area contributed by atoms with Crippen molar-refractivity contribution in [3.05, 3.63) is 35.7 Å². The second-order valence-electron chi connectivity index (χ2n) is 6.60. The molecule has 2 aliphatic rings. The van der Waals surface area contributed by atoms with Crippen molar-refractivity contribution >= 4 is 11.8 Å². The Morgan fingerprint density at radius 1 is 1.28 bits per heavy atom. The number of hydrogen-bond acceptors (Lipinski definition) is 5. The zero-order chi connectivity index (χ0) is 17.4. The topological polar surface area (TPSA) is 93.0 Å². The highest BCUT2D eigenvalue weighted by molar-refractivity contribution is 5.94. The van der Waals surface area contributed by atoms with Crippen molar-refractivity contribution < 1.29 is 9.59 Å². The number of nitrogens with one attached hydrogen (secondary N) is 1. The molecule has 1 N–H and O–H groups in total. The molecule has 0 aromatic carbocycles. The van der Waals surface area contributed by atoms with Crippen LogP contribution in [0.1, 0.15) is 41.0 Å². The van der Waals surface area contributed by atoms with E-state index in [4.69, 9.17) is 0 Å². The number of hydrogen-bond donors (Lipinski definition) is 1. The van der Waals surface area contributed by atoms with Gasteiger partial charge in [-0.15, -0.1) is 0 Å². The lowest BCUT2D eigenvalue weighted by Crippen LogP contribution is -2.48. The highest BCUT2D eigenvalue weighted by Crippen LogP contribution is 2.24. The summed E-state index contributed by atoms with van der Waals surface area (Å²) in [5.74, 6) is 0.407. The first-order chi connectivity index (χ1) is 12.1. The maximum absolute atomic E-state index is 12.9. The van der Waals surface area contributed by atoms with Crippen LogP contribution in [0.3, 0.4) is 0 Å². The lowest BCUT2D eigenvalue weighted by molar-refractivity contribution is -0.132. The third kappa shape index (κ3) is 2.99. The minimum Gasteiger partial charge on any atom is -0.346 e. The van der Waals surface area contributed by atoms with Crippen LogP contribution < -0.4 is 5.32 Å². The first-order valence-corrected chi connectivity index (χ1v) is 8.55. The highest BCUT2D eigenvalue weighted by Gasteiger charge is 2.28. The van der Waals surface area contributed by atoms with Crippen LogP contribution in [-0.4, -0.2) is 55.9 Å². The average molecular weight is 340 g/mol. The number of rotatable bonds is 3. The minimum atomic E-state index is -0.185. The largest absolute Gasteiger partial charge is 0.346 e. The van der Waals surface area contributed by atoms with Gasteiger partial charge >= 0.3 is 0 Å².